The summed E-state index contributed by atoms with van der Waals surface area (Å²) in [5, 5.41) is 11.0. The Bertz CT molecular complexity index is 1140. The highest BCUT2D eigenvalue weighted by Gasteiger charge is 2.56. The van der Waals surface area contributed by atoms with E-state index in [-0.39, 0.29) is 16.3 Å². The van der Waals surface area contributed by atoms with Gasteiger partial charge in [0.1, 0.15) is 5.82 Å². The normalized spacial score (nSPS) is 14.7. The summed E-state index contributed by atoms with van der Waals surface area (Å²) >= 11 is 0. The predicted octanol–water partition coefficient (Wildman–Crippen LogP) is 4.51. The van der Waals surface area contributed by atoms with Crippen molar-refractivity contribution in [1.29, 1.82) is 0 Å². The minimum absolute atomic E-state index is 0.157. The summed E-state index contributed by atoms with van der Waals surface area (Å²) in [6, 6.07) is 6.51. The van der Waals surface area contributed by atoms with Crippen LogP contribution in [0, 0.1) is 12.7 Å². The zero-order valence-electron chi connectivity index (χ0n) is 16.8. The summed E-state index contributed by atoms with van der Waals surface area (Å²) in [6.45, 7) is 3.94. The zero-order valence-corrected chi connectivity index (χ0v) is 16.8. The van der Waals surface area contributed by atoms with Crippen LogP contribution in [0.15, 0.2) is 53.7 Å². The lowest BCUT2D eigenvalue weighted by Gasteiger charge is -2.39. The molecule has 0 aliphatic rings. The van der Waals surface area contributed by atoms with Crippen LogP contribution in [0.5, 0.6) is 0 Å². The lowest BCUT2D eigenvalue weighted by atomic mass is 9.73. The highest BCUT2D eigenvalue weighted by molar-refractivity contribution is 5.77. The third kappa shape index (κ3) is 4.09. The van der Waals surface area contributed by atoms with Crippen LogP contribution in [0.4, 0.5) is 17.6 Å². The van der Waals surface area contributed by atoms with Crippen molar-refractivity contribution in [3.8, 4) is 0 Å². The highest BCUT2D eigenvalue weighted by Crippen LogP contribution is 2.43. The molecule has 2 aromatic heterocycles. The molecule has 1 aromatic carbocycles. The smallest absolute Gasteiger partial charge is 0.379 e. The van der Waals surface area contributed by atoms with E-state index in [2.05, 4.69) is 4.98 Å². The monoisotopic (exact) mass is 422 g/mol. The van der Waals surface area contributed by atoms with Crippen LogP contribution in [0.25, 0.3) is 10.9 Å². The summed E-state index contributed by atoms with van der Waals surface area (Å²) in [6.07, 6.45) is -1.80. The first-order valence-electron chi connectivity index (χ1n) is 9.33. The number of nitrogens with zero attached hydrogens (tertiary/aromatic N) is 2. The fourth-order valence-corrected chi connectivity index (χ4v) is 3.97. The van der Waals surface area contributed by atoms with Gasteiger partial charge in [-0.25, -0.2) is 4.39 Å². The number of benzene rings is 1. The van der Waals surface area contributed by atoms with Gasteiger partial charge in [-0.15, -0.1) is 0 Å². The number of halogens is 4. The Morgan fingerprint density at radius 1 is 1.13 bits per heavy atom. The third-order valence-corrected chi connectivity index (χ3v) is 5.40. The molecule has 0 fully saturated rings. The molecule has 1 N–H and O–H groups in total. The first kappa shape index (κ1) is 22.0. The molecule has 0 radical (unpaired) electrons. The van der Waals surface area contributed by atoms with Crippen LogP contribution < -0.4 is 5.43 Å². The van der Waals surface area contributed by atoms with E-state index in [1.807, 2.05) is 0 Å². The number of alkyl halides is 3. The quantitative estimate of drug-likeness (QED) is 0.616. The van der Waals surface area contributed by atoms with Gasteiger partial charge in [0, 0.05) is 24.7 Å². The molecule has 0 amide bonds. The van der Waals surface area contributed by atoms with E-state index in [1.54, 1.807) is 20.8 Å². The second-order valence-electron chi connectivity index (χ2n) is 8.25. The molecule has 30 heavy (non-hydrogen) atoms. The van der Waals surface area contributed by atoms with E-state index >= 15 is 0 Å². The van der Waals surface area contributed by atoms with Crippen molar-refractivity contribution < 1.29 is 22.7 Å². The second kappa shape index (κ2) is 7.50. The Balaban J connectivity index is 2.07. The average Bonchev–Trinajstić information content (AvgIpc) is 2.65. The number of rotatable bonds is 5. The van der Waals surface area contributed by atoms with Crippen molar-refractivity contribution in [2.45, 2.75) is 50.9 Å². The molecule has 2 heterocycles. The minimum Gasteiger partial charge on any atom is -0.379 e. The van der Waals surface area contributed by atoms with Crippen molar-refractivity contribution in [1.82, 2.24) is 9.55 Å². The molecule has 8 heteroatoms. The van der Waals surface area contributed by atoms with Crippen LogP contribution in [0.3, 0.4) is 0 Å². The zero-order chi connectivity index (χ0) is 22.3. The molecule has 0 aliphatic heterocycles. The van der Waals surface area contributed by atoms with Gasteiger partial charge >= 0.3 is 6.18 Å². The van der Waals surface area contributed by atoms with E-state index in [4.69, 9.17) is 0 Å². The number of fused-ring (bicyclic) bond motifs is 1. The Kier molecular flexibility index (Phi) is 5.49. The summed E-state index contributed by atoms with van der Waals surface area (Å²) in [5.74, 6) is -0.557. The van der Waals surface area contributed by atoms with Gasteiger partial charge in [0.05, 0.1) is 17.4 Å². The number of pyridine rings is 2. The standard InChI is InChI=1S/C22H22F4N2O2/c1-14-4-5-15(23)10-17(14)20(2,3)12-21(30,22(24,25)26)13-28-9-7-19(29)16-11-27-8-6-18(16)28/h4-11,30H,12-13H2,1-3H3. The minimum atomic E-state index is -4.96. The first-order chi connectivity index (χ1) is 13.8. The SMILES string of the molecule is Cc1ccc(F)cc1C(C)(C)CC(O)(Cn1ccc(=O)c2cnccc21)C(F)(F)F. The predicted molar refractivity (Wildman–Crippen MR) is 106 cm³/mol. The van der Waals surface area contributed by atoms with E-state index < -0.39 is 36.0 Å². The summed E-state index contributed by atoms with van der Waals surface area (Å²) in [7, 11) is 0. The number of hydrogen-bond acceptors (Lipinski definition) is 3. The average molecular weight is 422 g/mol. The summed E-state index contributed by atoms with van der Waals surface area (Å²) in [4.78, 5) is 15.8. The second-order valence-corrected chi connectivity index (χ2v) is 8.25. The van der Waals surface area contributed by atoms with Crippen molar-refractivity contribution >= 4 is 10.9 Å². The molecule has 1 unspecified atom stereocenters. The topological polar surface area (TPSA) is 55.1 Å². The molecule has 0 bridgehead atoms. The fourth-order valence-electron chi connectivity index (χ4n) is 3.97. The van der Waals surface area contributed by atoms with Gasteiger partial charge in [0.2, 0.25) is 0 Å². The van der Waals surface area contributed by atoms with Crippen LogP contribution in [-0.2, 0) is 12.0 Å². The molecule has 0 spiro atoms. The lowest BCUT2D eigenvalue weighted by molar-refractivity contribution is -0.271. The maximum Gasteiger partial charge on any atom is 0.418 e. The van der Waals surface area contributed by atoms with Gasteiger partial charge < -0.3 is 9.67 Å². The number of aromatic nitrogens is 2. The Morgan fingerprint density at radius 2 is 1.83 bits per heavy atom. The van der Waals surface area contributed by atoms with Crippen LogP contribution in [-0.4, -0.2) is 26.4 Å². The molecular formula is C22H22F4N2O2. The fraction of sp³-hybridized carbons (Fsp3) is 0.364. The number of hydrogen-bond donors (Lipinski definition) is 1. The van der Waals surface area contributed by atoms with E-state index in [0.717, 1.165) is 6.07 Å². The molecule has 1 atom stereocenters. The molecule has 0 saturated carbocycles. The van der Waals surface area contributed by atoms with Gasteiger partial charge in [-0.1, -0.05) is 19.9 Å². The van der Waals surface area contributed by atoms with E-state index in [9.17, 15) is 27.5 Å². The molecular weight excluding hydrogens is 400 g/mol. The van der Waals surface area contributed by atoms with Crippen molar-refractivity contribution in [3.05, 3.63) is 76.1 Å². The first-order valence-corrected chi connectivity index (χ1v) is 9.33. The number of aryl methyl sites for hydroxylation is 1. The molecule has 3 rings (SSSR count). The summed E-state index contributed by atoms with van der Waals surface area (Å²) in [5.41, 5.74) is -3.43. The maximum atomic E-state index is 14.1. The lowest BCUT2D eigenvalue weighted by Crippen LogP contribution is -2.52. The van der Waals surface area contributed by atoms with Gasteiger partial charge in [0.25, 0.3) is 0 Å². The Labute approximate surface area is 170 Å². The highest BCUT2D eigenvalue weighted by atomic mass is 19.4. The van der Waals surface area contributed by atoms with Gasteiger partial charge in [-0.2, -0.15) is 13.2 Å². The van der Waals surface area contributed by atoms with Gasteiger partial charge in [0.15, 0.2) is 11.0 Å². The maximum absolute atomic E-state index is 14.1. The van der Waals surface area contributed by atoms with Crippen molar-refractivity contribution in [2.24, 2.45) is 0 Å². The summed E-state index contributed by atoms with van der Waals surface area (Å²) < 4.78 is 57.2. The van der Waals surface area contributed by atoms with Gasteiger partial charge in [-0.3, -0.25) is 9.78 Å². The van der Waals surface area contributed by atoms with E-state index in [0.29, 0.717) is 11.1 Å². The van der Waals surface area contributed by atoms with Crippen molar-refractivity contribution in [3.63, 3.8) is 0 Å². The molecule has 0 saturated heterocycles. The number of aliphatic hydroxyl groups is 1. The van der Waals surface area contributed by atoms with Crippen LogP contribution in [0.1, 0.15) is 31.4 Å². The Morgan fingerprint density at radius 3 is 2.50 bits per heavy atom. The Hall–Kier alpha value is -2.74. The molecule has 4 nitrogen and oxygen atoms in total. The molecule has 160 valence electrons. The van der Waals surface area contributed by atoms with Crippen molar-refractivity contribution in [2.75, 3.05) is 0 Å². The molecule has 3 aromatic rings. The molecule has 0 aliphatic carbocycles. The van der Waals surface area contributed by atoms with Crippen LogP contribution in [0.2, 0.25) is 0 Å². The third-order valence-electron chi connectivity index (χ3n) is 5.40. The van der Waals surface area contributed by atoms with Crippen LogP contribution >= 0.6 is 0 Å². The van der Waals surface area contributed by atoms with E-state index in [1.165, 1.54) is 47.4 Å². The van der Waals surface area contributed by atoms with Gasteiger partial charge in [-0.05, 0) is 48.1 Å². The largest absolute Gasteiger partial charge is 0.418 e.